The molecule has 1 saturated heterocycles. The average Bonchev–Trinajstić information content (AvgIpc) is 2.66. The van der Waals surface area contributed by atoms with Crippen molar-refractivity contribution in [3.8, 4) is 5.88 Å². The Morgan fingerprint density at radius 1 is 1.42 bits per heavy atom. The third-order valence-corrected chi connectivity index (χ3v) is 3.10. The second-order valence-corrected chi connectivity index (χ2v) is 4.60. The van der Waals surface area contributed by atoms with Crippen LogP contribution >= 0.6 is 0 Å². The molecule has 0 aliphatic carbocycles. The summed E-state index contributed by atoms with van der Waals surface area (Å²) in [5, 5.41) is 2.76. The van der Waals surface area contributed by atoms with E-state index in [1.54, 1.807) is 6.07 Å². The molecule has 1 N–H and O–H groups in total. The Morgan fingerprint density at radius 3 is 3.05 bits per heavy atom. The Bertz CT molecular complexity index is 443. The Balaban J connectivity index is 2.03. The largest absolute Gasteiger partial charge is 0.481 e. The van der Waals surface area contributed by atoms with Crippen LogP contribution in [0.5, 0.6) is 5.88 Å². The van der Waals surface area contributed by atoms with Crippen LogP contribution in [-0.2, 0) is 9.53 Å². The zero-order valence-corrected chi connectivity index (χ0v) is 11.3. The number of aryl methyl sites for hydroxylation is 1. The van der Waals surface area contributed by atoms with Crippen LogP contribution in [-0.4, -0.2) is 36.2 Å². The maximum Gasteiger partial charge on any atom is 0.232 e. The van der Waals surface area contributed by atoms with Crippen molar-refractivity contribution in [2.75, 3.05) is 25.6 Å². The smallest absolute Gasteiger partial charge is 0.232 e. The van der Waals surface area contributed by atoms with Crippen LogP contribution in [0.25, 0.3) is 0 Å². The number of hydrogen-bond donors (Lipinski definition) is 1. The van der Waals surface area contributed by atoms with E-state index in [2.05, 4.69) is 15.3 Å². The monoisotopic (exact) mass is 265 g/mol. The Hall–Kier alpha value is -1.69. The van der Waals surface area contributed by atoms with E-state index in [9.17, 15) is 4.79 Å². The predicted molar refractivity (Wildman–Crippen MR) is 70.1 cm³/mol. The van der Waals surface area contributed by atoms with Gasteiger partial charge in [0.1, 0.15) is 0 Å². The maximum atomic E-state index is 12.1. The molecule has 1 aliphatic heterocycles. The summed E-state index contributed by atoms with van der Waals surface area (Å²) in [4.78, 5) is 20.4. The van der Waals surface area contributed by atoms with E-state index >= 15 is 0 Å². The first-order chi connectivity index (χ1) is 9.19. The molecule has 0 bridgehead atoms. The van der Waals surface area contributed by atoms with Crippen LogP contribution in [0.4, 0.5) is 5.95 Å². The molecular formula is C13H19N3O3. The molecule has 1 aliphatic rings. The van der Waals surface area contributed by atoms with E-state index in [0.717, 1.165) is 31.6 Å². The molecule has 1 aromatic heterocycles. The zero-order valence-electron chi connectivity index (χ0n) is 11.3. The number of rotatable bonds is 3. The minimum atomic E-state index is -0.0434. The van der Waals surface area contributed by atoms with Gasteiger partial charge in [-0.1, -0.05) is 0 Å². The van der Waals surface area contributed by atoms with E-state index in [4.69, 9.17) is 9.47 Å². The van der Waals surface area contributed by atoms with Crippen molar-refractivity contribution in [1.29, 1.82) is 0 Å². The van der Waals surface area contributed by atoms with Crippen LogP contribution in [0.15, 0.2) is 6.07 Å². The van der Waals surface area contributed by atoms with Crippen molar-refractivity contribution >= 4 is 11.9 Å². The standard InChI is InChI=1S/C13H19N3O3/c1-9-8-11(18-2)15-13(14-9)16-12(17)10-4-3-6-19-7-5-10/h8,10H,3-7H2,1-2H3,(H,14,15,16,17)/t10-/m0/s1. The summed E-state index contributed by atoms with van der Waals surface area (Å²) in [6.45, 7) is 3.20. The molecule has 0 spiro atoms. The third-order valence-electron chi connectivity index (χ3n) is 3.10. The van der Waals surface area contributed by atoms with Crippen molar-refractivity contribution in [3.63, 3.8) is 0 Å². The van der Waals surface area contributed by atoms with Gasteiger partial charge in [-0.3, -0.25) is 10.1 Å². The Kier molecular flexibility index (Phi) is 4.68. The number of hydrogen-bond acceptors (Lipinski definition) is 5. The van der Waals surface area contributed by atoms with Crippen LogP contribution < -0.4 is 10.1 Å². The van der Waals surface area contributed by atoms with Crippen LogP contribution in [0.2, 0.25) is 0 Å². The van der Waals surface area contributed by atoms with Gasteiger partial charge in [0.2, 0.25) is 17.7 Å². The second kappa shape index (κ2) is 6.47. The first-order valence-corrected chi connectivity index (χ1v) is 6.47. The Labute approximate surface area is 112 Å². The van der Waals surface area contributed by atoms with Crippen molar-refractivity contribution in [3.05, 3.63) is 11.8 Å². The highest BCUT2D eigenvalue weighted by molar-refractivity contribution is 5.90. The zero-order chi connectivity index (χ0) is 13.7. The number of anilines is 1. The normalized spacial score (nSPS) is 19.6. The van der Waals surface area contributed by atoms with Gasteiger partial charge in [0.15, 0.2) is 0 Å². The molecular weight excluding hydrogens is 246 g/mol. The minimum absolute atomic E-state index is 0.0300. The Morgan fingerprint density at radius 2 is 2.26 bits per heavy atom. The van der Waals surface area contributed by atoms with Gasteiger partial charge in [-0.05, 0) is 26.2 Å². The first-order valence-electron chi connectivity index (χ1n) is 6.47. The topological polar surface area (TPSA) is 73.3 Å². The fraction of sp³-hybridized carbons (Fsp3) is 0.615. The van der Waals surface area contributed by atoms with Crippen molar-refractivity contribution in [2.45, 2.75) is 26.2 Å². The third kappa shape index (κ3) is 3.89. The molecule has 0 aromatic carbocycles. The summed E-state index contributed by atoms with van der Waals surface area (Å²) in [7, 11) is 1.54. The number of ether oxygens (including phenoxy) is 2. The van der Waals surface area contributed by atoms with Crippen LogP contribution in [0.3, 0.4) is 0 Å². The molecule has 1 aromatic rings. The van der Waals surface area contributed by atoms with Gasteiger partial charge in [0, 0.05) is 30.9 Å². The quantitative estimate of drug-likeness (QED) is 0.897. The van der Waals surface area contributed by atoms with Crippen molar-refractivity contribution in [2.24, 2.45) is 5.92 Å². The molecule has 1 fully saturated rings. The molecule has 2 rings (SSSR count). The highest BCUT2D eigenvalue weighted by Gasteiger charge is 2.21. The van der Waals surface area contributed by atoms with Crippen molar-refractivity contribution < 1.29 is 14.3 Å². The molecule has 6 heteroatoms. The van der Waals surface area contributed by atoms with Gasteiger partial charge in [0.25, 0.3) is 0 Å². The lowest BCUT2D eigenvalue weighted by molar-refractivity contribution is -0.120. The molecule has 19 heavy (non-hydrogen) atoms. The van der Waals surface area contributed by atoms with Gasteiger partial charge in [0.05, 0.1) is 7.11 Å². The van der Waals surface area contributed by atoms with E-state index in [0.29, 0.717) is 18.4 Å². The summed E-state index contributed by atoms with van der Waals surface area (Å²) in [6.07, 6.45) is 2.50. The number of aromatic nitrogens is 2. The van der Waals surface area contributed by atoms with Crippen molar-refractivity contribution in [1.82, 2.24) is 9.97 Å². The first kappa shape index (κ1) is 13.7. The van der Waals surface area contributed by atoms with Gasteiger partial charge in [-0.25, -0.2) is 4.98 Å². The summed E-state index contributed by atoms with van der Waals surface area (Å²) < 4.78 is 10.4. The molecule has 2 heterocycles. The number of nitrogens with zero attached hydrogens (tertiary/aromatic N) is 2. The summed E-state index contributed by atoms with van der Waals surface area (Å²) in [6, 6.07) is 1.72. The summed E-state index contributed by atoms with van der Waals surface area (Å²) >= 11 is 0. The van der Waals surface area contributed by atoms with E-state index in [-0.39, 0.29) is 11.8 Å². The molecule has 104 valence electrons. The molecule has 6 nitrogen and oxygen atoms in total. The van der Waals surface area contributed by atoms with E-state index in [1.165, 1.54) is 7.11 Å². The summed E-state index contributed by atoms with van der Waals surface area (Å²) in [5.74, 6) is 0.676. The second-order valence-electron chi connectivity index (χ2n) is 4.60. The SMILES string of the molecule is COc1cc(C)nc(NC(=O)[C@H]2CCCOCC2)n1. The fourth-order valence-electron chi connectivity index (χ4n) is 2.08. The van der Waals surface area contributed by atoms with Crippen LogP contribution in [0.1, 0.15) is 25.0 Å². The highest BCUT2D eigenvalue weighted by Crippen LogP contribution is 2.18. The van der Waals surface area contributed by atoms with E-state index in [1.807, 2.05) is 6.92 Å². The molecule has 1 atom stereocenters. The number of nitrogens with one attached hydrogen (secondary N) is 1. The maximum absolute atomic E-state index is 12.1. The minimum Gasteiger partial charge on any atom is -0.481 e. The fourth-order valence-corrected chi connectivity index (χ4v) is 2.08. The van der Waals surface area contributed by atoms with Gasteiger partial charge in [-0.2, -0.15) is 4.98 Å². The number of methoxy groups -OCH3 is 1. The molecule has 0 saturated carbocycles. The van der Waals surface area contributed by atoms with E-state index < -0.39 is 0 Å². The highest BCUT2D eigenvalue weighted by atomic mass is 16.5. The van der Waals surface area contributed by atoms with Gasteiger partial charge in [-0.15, -0.1) is 0 Å². The molecule has 0 radical (unpaired) electrons. The lowest BCUT2D eigenvalue weighted by Gasteiger charge is -2.13. The summed E-state index contributed by atoms with van der Waals surface area (Å²) in [5.41, 5.74) is 0.756. The molecule has 1 amide bonds. The number of carbonyl (C=O) groups excluding carboxylic acids is 1. The van der Waals surface area contributed by atoms with Gasteiger partial charge >= 0.3 is 0 Å². The van der Waals surface area contributed by atoms with Crippen LogP contribution in [0, 0.1) is 12.8 Å². The molecule has 0 unspecified atom stereocenters. The van der Waals surface area contributed by atoms with Gasteiger partial charge < -0.3 is 9.47 Å². The predicted octanol–water partition coefficient (Wildman–Crippen LogP) is 1.55. The number of carbonyl (C=O) groups is 1. The lowest BCUT2D eigenvalue weighted by atomic mass is 10.00. The lowest BCUT2D eigenvalue weighted by Crippen LogP contribution is -2.24. The average molecular weight is 265 g/mol. The number of amides is 1.